The van der Waals surface area contributed by atoms with E-state index in [1.165, 1.54) is 0 Å². The lowest BCUT2D eigenvalue weighted by Gasteiger charge is -2.34. The number of aryl methyl sites for hydroxylation is 1. The van der Waals surface area contributed by atoms with Gasteiger partial charge in [-0.3, -0.25) is 4.84 Å². The highest BCUT2D eigenvalue weighted by Crippen LogP contribution is 2.22. The van der Waals surface area contributed by atoms with Gasteiger partial charge in [0.15, 0.2) is 5.13 Å². The second-order valence-corrected chi connectivity index (χ2v) is 5.85. The summed E-state index contributed by atoms with van der Waals surface area (Å²) in [7, 11) is 0. The lowest BCUT2D eigenvalue weighted by Crippen LogP contribution is -2.46. The van der Waals surface area contributed by atoms with Crippen molar-refractivity contribution in [1.82, 2.24) is 20.0 Å². The Labute approximate surface area is 133 Å². The Morgan fingerprint density at radius 1 is 1.27 bits per heavy atom. The number of thiazole rings is 1. The highest BCUT2D eigenvalue weighted by Gasteiger charge is 2.19. The zero-order valence-electron chi connectivity index (χ0n) is 12.8. The number of rotatable bonds is 5. The normalized spacial score (nSPS) is 16.0. The quantitative estimate of drug-likeness (QED) is 0.904. The number of nitrogens with one attached hydrogen (secondary N) is 1. The minimum atomic E-state index is 0.717. The molecule has 3 heterocycles. The Morgan fingerprint density at radius 2 is 2.09 bits per heavy atom. The van der Waals surface area contributed by atoms with Gasteiger partial charge >= 0.3 is 0 Å². The first-order chi connectivity index (χ1) is 10.7. The lowest BCUT2D eigenvalue weighted by molar-refractivity contribution is -0.156. The molecule has 1 N–H and O–H groups in total. The van der Waals surface area contributed by atoms with Crippen LogP contribution in [0, 0.1) is 6.92 Å². The Hall–Kier alpha value is -1.77. The molecule has 0 bridgehead atoms. The zero-order chi connectivity index (χ0) is 15.4. The molecule has 3 rings (SSSR count). The van der Waals surface area contributed by atoms with Gasteiger partial charge in [0.05, 0.1) is 6.61 Å². The molecular weight excluding hydrogens is 300 g/mol. The second kappa shape index (κ2) is 6.99. The molecule has 1 aliphatic rings. The summed E-state index contributed by atoms with van der Waals surface area (Å²) in [6.07, 6.45) is 1.77. The summed E-state index contributed by atoms with van der Waals surface area (Å²) < 4.78 is 0. The molecule has 0 aromatic carbocycles. The van der Waals surface area contributed by atoms with Gasteiger partial charge < -0.3 is 10.2 Å². The standard InChI is InChI=1S/C14H20N6OS/c1-3-21-20-7-5-19(6-8-20)13-10-12(16-11(2)17-13)18-14-15-4-9-22-14/h4,9-10H,3,5-8H2,1-2H3,(H,15,16,17,18). The minimum Gasteiger partial charge on any atom is -0.354 e. The number of anilines is 3. The largest absolute Gasteiger partial charge is 0.354 e. The summed E-state index contributed by atoms with van der Waals surface area (Å²) in [5.74, 6) is 2.48. The molecule has 1 saturated heterocycles. The highest BCUT2D eigenvalue weighted by molar-refractivity contribution is 7.13. The second-order valence-electron chi connectivity index (χ2n) is 4.95. The molecule has 7 nitrogen and oxygen atoms in total. The topological polar surface area (TPSA) is 66.4 Å². The molecule has 2 aromatic rings. The molecule has 0 atom stereocenters. The number of hydrogen-bond donors (Lipinski definition) is 1. The molecule has 0 aliphatic carbocycles. The van der Waals surface area contributed by atoms with Crippen molar-refractivity contribution in [2.24, 2.45) is 0 Å². The first kappa shape index (κ1) is 15.1. The van der Waals surface area contributed by atoms with E-state index in [2.05, 4.69) is 25.2 Å². The molecule has 118 valence electrons. The lowest BCUT2D eigenvalue weighted by atomic mass is 10.3. The van der Waals surface area contributed by atoms with Crippen LogP contribution in [0.3, 0.4) is 0 Å². The van der Waals surface area contributed by atoms with Crippen LogP contribution in [0.5, 0.6) is 0 Å². The van der Waals surface area contributed by atoms with Gasteiger partial charge in [0.25, 0.3) is 0 Å². The van der Waals surface area contributed by atoms with Crippen molar-refractivity contribution < 1.29 is 4.84 Å². The van der Waals surface area contributed by atoms with E-state index in [1.807, 2.05) is 30.4 Å². The first-order valence-electron chi connectivity index (χ1n) is 7.39. The molecule has 22 heavy (non-hydrogen) atoms. The predicted octanol–water partition coefficient (Wildman–Crippen LogP) is 2.06. The average molecular weight is 320 g/mol. The van der Waals surface area contributed by atoms with Crippen molar-refractivity contribution in [2.45, 2.75) is 13.8 Å². The molecule has 1 aliphatic heterocycles. The van der Waals surface area contributed by atoms with Crippen LogP contribution in [0.1, 0.15) is 12.7 Å². The molecular formula is C14H20N6OS. The molecule has 0 radical (unpaired) electrons. The number of hydroxylamine groups is 2. The molecule has 0 saturated carbocycles. The Kier molecular flexibility index (Phi) is 4.81. The van der Waals surface area contributed by atoms with Gasteiger partial charge in [-0.25, -0.2) is 15.0 Å². The molecule has 2 aromatic heterocycles. The molecule has 0 unspecified atom stereocenters. The van der Waals surface area contributed by atoms with Gasteiger partial charge in [0, 0.05) is 43.8 Å². The van der Waals surface area contributed by atoms with Crippen molar-refractivity contribution >= 4 is 28.1 Å². The number of hydrogen-bond acceptors (Lipinski definition) is 8. The summed E-state index contributed by atoms with van der Waals surface area (Å²) in [6.45, 7) is 8.19. The van der Waals surface area contributed by atoms with E-state index in [0.717, 1.165) is 48.8 Å². The van der Waals surface area contributed by atoms with Crippen molar-refractivity contribution in [3.8, 4) is 0 Å². The van der Waals surface area contributed by atoms with Gasteiger partial charge in [-0.05, 0) is 13.8 Å². The van der Waals surface area contributed by atoms with E-state index >= 15 is 0 Å². The monoisotopic (exact) mass is 320 g/mol. The Morgan fingerprint density at radius 3 is 2.77 bits per heavy atom. The third kappa shape index (κ3) is 3.70. The van der Waals surface area contributed by atoms with Crippen molar-refractivity contribution in [2.75, 3.05) is 43.0 Å². The van der Waals surface area contributed by atoms with Gasteiger partial charge in [-0.2, -0.15) is 5.06 Å². The maximum absolute atomic E-state index is 5.54. The van der Waals surface area contributed by atoms with Crippen LogP contribution in [0.15, 0.2) is 17.6 Å². The summed E-state index contributed by atoms with van der Waals surface area (Å²) in [6, 6.07) is 1.98. The molecule has 1 fully saturated rings. The fraction of sp³-hybridized carbons (Fsp3) is 0.500. The maximum atomic E-state index is 5.54. The average Bonchev–Trinajstić information content (AvgIpc) is 3.01. The predicted molar refractivity (Wildman–Crippen MR) is 87.6 cm³/mol. The summed E-state index contributed by atoms with van der Waals surface area (Å²) in [5.41, 5.74) is 0. The van der Waals surface area contributed by atoms with Gasteiger partial charge in [0.1, 0.15) is 17.5 Å². The first-order valence-corrected chi connectivity index (χ1v) is 8.27. The maximum Gasteiger partial charge on any atom is 0.188 e. The van der Waals surface area contributed by atoms with E-state index in [1.54, 1.807) is 17.5 Å². The third-order valence-electron chi connectivity index (χ3n) is 3.37. The van der Waals surface area contributed by atoms with Crippen molar-refractivity contribution in [1.29, 1.82) is 0 Å². The molecule has 8 heteroatoms. The third-order valence-corrected chi connectivity index (χ3v) is 4.05. The van der Waals surface area contributed by atoms with Crippen LogP contribution in [0.25, 0.3) is 0 Å². The summed E-state index contributed by atoms with van der Waals surface area (Å²) in [4.78, 5) is 21.0. The smallest absolute Gasteiger partial charge is 0.188 e. The van der Waals surface area contributed by atoms with E-state index in [9.17, 15) is 0 Å². The number of nitrogens with zero attached hydrogens (tertiary/aromatic N) is 5. The fourth-order valence-corrected chi connectivity index (χ4v) is 2.94. The van der Waals surface area contributed by atoms with Crippen LogP contribution in [0.2, 0.25) is 0 Å². The van der Waals surface area contributed by atoms with E-state index < -0.39 is 0 Å². The van der Waals surface area contributed by atoms with Crippen LogP contribution in [-0.2, 0) is 4.84 Å². The van der Waals surface area contributed by atoms with Gasteiger partial charge in [-0.1, -0.05) is 0 Å². The number of piperazine rings is 1. The minimum absolute atomic E-state index is 0.717. The number of aromatic nitrogens is 3. The van der Waals surface area contributed by atoms with Crippen molar-refractivity contribution in [3.05, 3.63) is 23.5 Å². The fourth-order valence-electron chi connectivity index (χ4n) is 2.40. The molecule has 0 spiro atoms. The Balaban J connectivity index is 1.70. The highest BCUT2D eigenvalue weighted by atomic mass is 32.1. The van der Waals surface area contributed by atoms with Crippen LogP contribution >= 0.6 is 11.3 Å². The van der Waals surface area contributed by atoms with Crippen molar-refractivity contribution in [3.63, 3.8) is 0 Å². The summed E-state index contributed by atoms with van der Waals surface area (Å²) in [5, 5.41) is 8.01. The zero-order valence-corrected chi connectivity index (χ0v) is 13.6. The van der Waals surface area contributed by atoms with Gasteiger partial charge in [0.2, 0.25) is 0 Å². The van der Waals surface area contributed by atoms with Crippen LogP contribution < -0.4 is 10.2 Å². The van der Waals surface area contributed by atoms with E-state index in [4.69, 9.17) is 4.84 Å². The van der Waals surface area contributed by atoms with Gasteiger partial charge in [-0.15, -0.1) is 11.3 Å². The molecule has 0 amide bonds. The SMILES string of the molecule is CCON1CCN(c2cc(Nc3nccs3)nc(C)n2)CC1. The van der Waals surface area contributed by atoms with E-state index in [-0.39, 0.29) is 0 Å². The summed E-state index contributed by atoms with van der Waals surface area (Å²) >= 11 is 1.55. The van der Waals surface area contributed by atoms with E-state index in [0.29, 0.717) is 6.61 Å². The van der Waals surface area contributed by atoms with Crippen LogP contribution in [-0.4, -0.2) is 52.8 Å². The Bertz CT molecular complexity index is 597. The van der Waals surface area contributed by atoms with Crippen LogP contribution in [0.4, 0.5) is 16.8 Å².